The number of allylic oxidation sites excluding steroid dienone is 1. The molecule has 0 aliphatic rings. The first-order valence-corrected chi connectivity index (χ1v) is 3.80. The number of hydrogen-bond donors (Lipinski definition) is 1. The minimum Gasteiger partial charge on any atom is -0.457 e. The van der Waals surface area contributed by atoms with Gasteiger partial charge in [-0.3, -0.25) is 4.79 Å². The van der Waals surface area contributed by atoms with Crippen LogP contribution in [0.5, 0.6) is 0 Å². The van der Waals surface area contributed by atoms with E-state index in [9.17, 15) is 4.79 Å². The van der Waals surface area contributed by atoms with Crippen LogP contribution in [-0.4, -0.2) is 12.6 Å². The van der Waals surface area contributed by atoms with E-state index in [4.69, 9.17) is 10.6 Å². The molecule has 0 aliphatic carbocycles. The number of ether oxygens (including phenoxy) is 1. The molecule has 70 valence electrons. The van der Waals surface area contributed by atoms with Crippen molar-refractivity contribution >= 4 is 5.97 Å². The molecule has 0 bridgehead atoms. The molecule has 0 spiro atoms. The summed E-state index contributed by atoms with van der Waals surface area (Å²) in [6.07, 6.45) is 0.362. The highest BCUT2D eigenvalue weighted by atomic mass is 16.6. The Morgan fingerprint density at radius 2 is 2.00 bits per heavy atom. The van der Waals surface area contributed by atoms with Crippen molar-refractivity contribution in [1.82, 2.24) is 0 Å². The van der Waals surface area contributed by atoms with Gasteiger partial charge in [0.2, 0.25) is 0 Å². The second kappa shape index (κ2) is 5.60. The molecule has 0 saturated heterocycles. The average molecular weight is 173 g/mol. The van der Waals surface area contributed by atoms with Crippen LogP contribution >= 0.6 is 0 Å². The molecular weight excluding hydrogens is 158 g/mol. The van der Waals surface area contributed by atoms with E-state index in [1.54, 1.807) is 6.92 Å². The molecule has 0 aliphatic heterocycles. The summed E-state index contributed by atoms with van der Waals surface area (Å²) >= 11 is 0. The van der Waals surface area contributed by atoms with E-state index in [2.05, 4.69) is 4.84 Å². The van der Waals surface area contributed by atoms with Crippen LogP contribution < -0.4 is 5.90 Å². The van der Waals surface area contributed by atoms with Gasteiger partial charge in [-0.05, 0) is 19.4 Å². The Morgan fingerprint density at radius 1 is 1.42 bits per heavy atom. The molecule has 0 aromatic rings. The normalized spacial score (nSPS) is 9.00. The fourth-order valence-electron chi connectivity index (χ4n) is 0.544. The third-order valence-electron chi connectivity index (χ3n) is 1.35. The van der Waals surface area contributed by atoms with Crippen molar-refractivity contribution in [2.24, 2.45) is 5.90 Å². The zero-order valence-corrected chi connectivity index (χ0v) is 7.72. The summed E-state index contributed by atoms with van der Waals surface area (Å²) in [6, 6.07) is 0. The molecule has 0 radical (unpaired) electrons. The molecule has 0 fully saturated rings. The molecule has 0 amide bonds. The maximum atomic E-state index is 10.7. The van der Waals surface area contributed by atoms with Gasteiger partial charge in [0.05, 0.1) is 0 Å². The topological polar surface area (TPSA) is 61.5 Å². The Labute approximate surface area is 72.3 Å². The van der Waals surface area contributed by atoms with Crippen LogP contribution in [-0.2, 0) is 14.4 Å². The highest BCUT2D eigenvalue weighted by Crippen LogP contribution is 2.03. The van der Waals surface area contributed by atoms with E-state index < -0.39 is 0 Å². The van der Waals surface area contributed by atoms with E-state index in [-0.39, 0.29) is 12.6 Å². The molecule has 0 atom stereocenters. The number of rotatable bonds is 4. The van der Waals surface area contributed by atoms with Crippen molar-refractivity contribution in [1.29, 1.82) is 0 Å². The van der Waals surface area contributed by atoms with Crippen molar-refractivity contribution in [3.8, 4) is 0 Å². The van der Waals surface area contributed by atoms with E-state index >= 15 is 0 Å². The smallest absolute Gasteiger partial charge is 0.305 e. The van der Waals surface area contributed by atoms with Crippen molar-refractivity contribution in [3.63, 3.8) is 0 Å². The largest absolute Gasteiger partial charge is 0.457 e. The molecule has 0 aromatic heterocycles. The van der Waals surface area contributed by atoms with E-state index in [0.717, 1.165) is 5.57 Å². The van der Waals surface area contributed by atoms with Crippen LogP contribution in [0.25, 0.3) is 0 Å². The molecule has 0 unspecified atom stereocenters. The van der Waals surface area contributed by atoms with Gasteiger partial charge in [0.1, 0.15) is 0 Å². The lowest BCUT2D eigenvalue weighted by atomic mass is 10.3. The summed E-state index contributed by atoms with van der Waals surface area (Å²) in [6.45, 7) is 5.52. The van der Waals surface area contributed by atoms with Gasteiger partial charge in [-0.25, -0.2) is 0 Å². The third-order valence-corrected chi connectivity index (χ3v) is 1.35. The first-order chi connectivity index (χ1) is 5.61. The van der Waals surface area contributed by atoms with Crippen LogP contribution in [0, 0.1) is 0 Å². The molecule has 2 N–H and O–H groups in total. The van der Waals surface area contributed by atoms with Gasteiger partial charge in [0.25, 0.3) is 0 Å². The van der Waals surface area contributed by atoms with Crippen molar-refractivity contribution in [3.05, 3.63) is 11.3 Å². The molecule has 12 heavy (non-hydrogen) atoms. The van der Waals surface area contributed by atoms with Crippen LogP contribution in [0.2, 0.25) is 0 Å². The van der Waals surface area contributed by atoms with E-state index in [0.29, 0.717) is 12.2 Å². The number of carbonyl (C=O) groups excluding carboxylic acids is 1. The fourth-order valence-corrected chi connectivity index (χ4v) is 0.544. The first kappa shape index (κ1) is 11.0. The zero-order chi connectivity index (χ0) is 9.56. The van der Waals surface area contributed by atoms with Gasteiger partial charge >= 0.3 is 5.97 Å². The second-order valence-electron chi connectivity index (χ2n) is 2.56. The minimum absolute atomic E-state index is 0.117. The number of nitrogens with two attached hydrogens (primary N) is 1. The van der Waals surface area contributed by atoms with Gasteiger partial charge < -0.3 is 9.57 Å². The highest BCUT2D eigenvalue weighted by Gasteiger charge is 2.03. The summed E-state index contributed by atoms with van der Waals surface area (Å²) in [5.74, 6) is 5.19. The maximum absolute atomic E-state index is 10.7. The third kappa shape index (κ3) is 3.98. The predicted molar refractivity (Wildman–Crippen MR) is 44.9 cm³/mol. The maximum Gasteiger partial charge on any atom is 0.305 e. The minimum atomic E-state index is -0.259. The summed E-state index contributed by atoms with van der Waals surface area (Å²) in [4.78, 5) is 15.2. The zero-order valence-electron chi connectivity index (χ0n) is 7.72. The summed E-state index contributed by atoms with van der Waals surface area (Å²) < 4.78 is 4.80. The Morgan fingerprint density at radius 3 is 2.33 bits per heavy atom. The van der Waals surface area contributed by atoms with Gasteiger partial charge in [0, 0.05) is 6.42 Å². The number of esters is 1. The summed E-state index contributed by atoms with van der Waals surface area (Å²) in [5.41, 5.74) is 0.904. The van der Waals surface area contributed by atoms with Gasteiger partial charge in [-0.15, -0.1) is 0 Å². The molecule has 4 heteroatoms. The van der Waals surface area contributed by atoms with Crippen LogP contribution in [0.3, 0.4) is 0 Å². The number of carbonyl (C=O) groups is 1. The lowest BCUT2D eigenvalue weighted by Crippen LogP contribution is -2.11. The second-order valence-corrected chi connectivity index (χ2v) is 2.56. The quantitative estimate of drug-likeness (QED) is 0.393. The molecule has 0 aromatic carbocycles. The average Bonchev–Trinajstić information content (AvgIpc) is 2.04. The predicted octanol–water partition coefficient (Wildman–Crippen LogP) is 1.12. The molecule has 0 saturated carbocycles. The van der Waals surface area contributed by atoms with Crippen molar-refractivity contribution < 1.29 is 14.4 Å². The van der Waals surface area contributed by atoms with Gasteiger partial charge in [-0.2, -0.15) is 5.90 Å². The van der Waals surface area contributed by atoms with Crippen LogP contribution in [0.4, 0.5) is 0 Å². The molecule has 0 heterocycles. The lowest BCUT2D eigenvalue weighted by Gasteiger charge is -2.07. The SMILES string of the molecule is CCC(=O)OCC(ON)=C(C)C. The highest BCUT2D eigenvalue weighted by molar-refractivity contribution is 5.69. The molecular formula is C8H15NO3. The van der Waals surface area contributed by atoms with Gasteiger partial charge in [-0.1, -0.05) is 6.92 Å². The Hall–Kier alpha value is -1.03. The van der Waals surface area contributed by atoms with E-state index in [1.165, 1.54) is 0 Å². The Balaban J connectivity index is 3.91. The summed E-state index contributed by atoms with van der Waals surface area (Å²) in [5, 5.41) is 0. The fraction of sp³-hybridized carbons (Fsp3) is 0.625. The summed E-state index contributed by atoms with van der Waals surface area (Å²) in [7, 11) is 0. The van der Waals surface area contributed by atoms with Crippen molar-refractivity contribution in [2.45, 2.75) is 27.2 Å². The number of hydrogen-bond acceptors (Lipinski definition) is 4. The van der Waals surface area contributed by atoms with Gasteiger partial charge in [0.15, 0.2) is 12.4 Å². The van der Waals surface area contributed by atoms with E-state index in [1.807, 2.05) is 13.8 Å². The lowest BCUT2D eigenvalue weighted by molar-refractivity contribution is -0.143. The Bertz CT molecular complexity index is 183. The monoisotopic (exact) mass is 173 g/mol. The first-order valence-electron chi connectivity index (χ1n) is 3.80. The molecule has 4 nitrogen and oxygen atoms in total. The van der Waals surface area contributed by atoms with Crippen molar-refractivity contribution in [2.75, 3.05) is 6.61 Å². The molecule has 0 rings (SSSR count). The standard InChI is InChI=1S/C8H15NO3/c1-4-8(10)11-5-7(12-9)6(2)3/h4-5,9H2,1-3H3. The van der Waals surface area contributed by atoms with Crippen LogP contribution in [0.15, 0.2) is 11.3 Å². The Kier molecular flexibility index (Phi) is 5.12. The van der Waals surface area contributed by atoms with Crippen LogP contribution in [0.1, 0.15) is 27.2 Å².